The van der Waals surface area contributed by atoms with Crippen LogP contribution in [0.3, 0.4) is 0 Å². The topological polar surface area (TPSA) is 106 Å². The molecule has 0 atom stereocenters. The fraction of sp³-hybridized carbons (Fsp3) is 0.227. The molecule has 0 saturated heterocycles. The number of alkyl halides is 5. The zero-order valence-corrected chi connectivity index (χ0v) is 18.8. The molecule has 2 amide bonds. The first kappa shape index (κ1) is 24.8. The second kappa shape index (κ2) is 9.02. The van der Waals surface area contributed by atoms with Gasteiger partial charge in [-0.1, -0.05) is 18.2 Å². The van der Waals surface area contributed by atoms with Gasteiger partial charge in [0.15, 0.2) is 17.0 Å². The third-order valence-electron chi connectivity index (χ3n) is 5.05. The molecule has 4 aromatic rings. The van der Waals surface area contributed by atoms with Crippen LogP contribution in [-0.2, 0) is 12.5 Å². The van der Waals surface area contributed by atoms with Crippen molar-refractivity contribution in [3.63, 3.8) is 0 Å². The van der Waals surface area contributed by atoms with E-state index in [-0.39, 0.29) is 27.2 Å². The number of hydrogen-bond acceptors (Lipinski definition) is 5. The Balaban J connectivity index is 1.67. The van der Waals surface area contributed by atoms with E-state index in [0.29, 0.717) is 18.3 Å². The minimum atomic E-state index is -5.89. The highest BCUT2D eigenvalue weighted by atomic mass is 19.4. The van der Waals surface area contributed by atoms with Gasteiger partial charge in [0.05, 0.1) is 5.69 Å². The van der Waals surface area contributed by atoms with Crippen LogP contribution in [0.2, 0.25) is 0 Å². The Morgan fingerprint density at radius 2 is 1.67 bits per heavy atom. The molecule has 0 spiro atoms. The van der Waals surface area contributed by atoms with Crippen LogP contribution >= 0.6 is 0 Å². The van der Waals surface area contributed by atoms with Crippen LogP contribution in [-0.4, -0.2) is 42.4 Å². The molecule has 0 unspecified atom stereocenters. The average molecular weight is 507 g/mol. The zero-order valence-electron chi connectivity index (χ0n) is 18.8. The van der Waals surface area contributed by atoms with Crippen molar-refractivity contribution in [1.29, 1.82) is 0 Å². The Morgan fingerprint density at radius 1 is 0.972 bits per heavy atom. The second-order valence-corrected chi connectivity index (χ2v) is 7.68. The minimum Gasteiger partial charge on any atom is -0.321 e. The molecule has 14 heteroatoms. The summed E-state index contributed by atoms with van der Waals surface area (Å²) < 4.78 is 68.9. The molecule has 9 nitrogen and oxygen atoms in total. The van der Waals surface area contributed by atoms with Gasteiger partial charge in [-0.25, -0.2) is 9.50 Å². The fourth-order valence-corrected chi connectivity index (χ4v) is 3.32. The molecule has 188 valence electrons. The quantitative estimate of drug-likeness (QED) is 0.376. The number of fused-ring (bicyclic) bond motifs is 1. The van der Waals surface area contributed by atoms with Gasteiger partial charge in [0, 0.05) is 30.2 Å². The molecule has 1 aromatic carbocycles. The summed E-state index contributed by atoms with van der Waals surface area (Å²) >= 11 is 0. The molecule has 0 aliphatic heterocycles. The van der Waals surface area contributed by atoms with E-state index in [0.717, 1.165) is 6.07 Å². The first-order chi connectivity index (χ1) is 16.9. The maximum Gasteiger partial charge on any atom is 0.459 e. The fourth-order valence-electron chi connectivity index (χ4n) is 3.32. The predicted molar refractivity (Wildman–Crippen MR) is 118 cm³/mol. The molecular formula is C22H18F5N7O2. The lowest BCUT2D eigenvalue weighted by Crippen LogP contribution is -2.36. The summed E-state index contributed by atoms with van der Waals surface area (Å²) in [6, 6.07) is 9.98. The van der Waals surface area contributed by atoms with Crippen molar-refractivity contribution in [3.8, 4) is 0 Å². The van der Waals surface area contributed by atoms with Gasteiger partial charge >= 0.3 is 12.1 Å². The first-order valence-electron chi connectivity index (χ1n) is 10.5. The molecule has 3 aromatic heterocycles. The van der Waals surface area contributed by atoms with E-state index in [1.165, 1.54) is 17.8 Å². The molecule has 0 aliphatic carbocycles. The number of rotatable bonds is 6. The van der Waals surface area contributed by atoms with Crippen LogP contribution in [0.4, 0.5) is 33.3 Å². The van der Waals surface area contributed by atoms with Gasteiger partial charge in [-0.15, -0.1) is 0 Å². The van der Waals surface area contributed by atoms with Gasteiger partial charge in [0.2, 0.25) is 0 Å². The van der Waals surface area contributed by atoms with Crippen molar-refractivity contribution in [3.05, 3.63) is 71.4 Å². The molecule has 0 bridgehead atoms. The number of aryl methyl sites for hydroxylation is 2. The Labute approximate surface area is 199 Å². The highest BCUT2D eigenvalue weighted by Gasteiger charge is 2.60. The van der Waals surface area contributed by atoms with Crippen LogP contribution in [0, 0.1) is 6.92 Å². The van der Waals surface area contributed by atoms with E-state index in [9.17, 15) is 31.5 Å². The lowest BCUT2D eigenvalue weighted by molar-refractivity contribution is -0.291. The SMILES string of the molecule is CCn1cc(NC(=O)c2cc3nc(C)cc(C(F)(F)C(F)(F)F)n3n2)c(C(=O)Nc2ccccc2)n1. The van der Waals surface area contributed by atoms with Gasteiger partial charge in [0.25, 0.3) is 11.8 Å². The molecule has 3 heterocycles. The number of nitrogens with zero attached hydrogens (tertiary/aromatic N) is 5. The number of para-hydroxylation sites is 1. The number of halogens is 5. The molecule has 0 aliphatic rings. The molecular weight excluding hydrogens is 489 g/mol. The van der Waals surface area contributed by atoms with E-state index < -0.39 is 35.3 Å². The van der Waals surface area contributed by atoms with E-state index in [1.807, 2.05) is 0 Å². The van der Waals surface area contributed by atoms with Gasteiger partial charge in [-0.3, -0.25) is 14.3 Å². The summed E-state index contributed by atoms with van der Waals surface area (Å²) in [6.07, 6.45) is -4.52. The highest BCUT2D eigenvalue weighted by Crippen LogP contribution is 2.43. The lowest BCUT2D eigenvalue weighted by Gasteiger charge is -2.20. The number of nitrogens with one attached hydrogen (secondary N) is 2. The van der Waals surface area contributed by atoms with Gasteiger partial charge < -0.3 is 10.6 Å². The van der Waals surface area contributed by atoms with E-state index in [4.69, 9.17) is 0 Å². The molecule has 36 heavy (non-hydrogen) atoms. The Kier molecular flexibility index (Phi) is 6.20. The number of anilines is 2. The minimum absolute atomic E-state index is 0.0164. The maximum absolute atomic E-state index is 14.1. The summed E-state index contributed by atoms with van der Waals surface area (Å²) in [6.45, 7) is 3.34. The lowest BCUT2D eigenvalue weighted by atomic mass is 10.2. The summed E-state index contributed by atoms with van der Waals surface area (Å²) in [7, 11) is 0. The summed E-state index contributed by atoms with van der Waals surface area (Å²) in [5.74, 6) is -6.85. The Bertz CT molecular complexity index is 1440. The largest absolute Gasteiger partial charge is 0.459 e. The monoisotopic (exact) mass is 507 g/mol. The van der Waals surface area contributed by atoms with Crippen molar-refractivity contribution in [2.24, 2.45) is 0 Å². The molecule has 2 N–H and O–H groups in total. The van der Waals surface area contributed by atoms with Gasteiger partial charge in [-0.2, -0.15) is 32.1 Å². The van der Waals surface area contributed by atoms with E-state index >= 15 is 0 Å². The second-order valence-electron chi connectivity index (χ2n) is 7.68. The van der Waals surface area contributed by atoms with Crippen LogP contribution in [0.1, 0.15) is 39.3 Å². The van der Waals surface area contributed by atoms with E-state index in [2.05, 4.69) is 25.8 Å². The summed E-state index contributed by atoms with van der Waals surface area (Å²) in [5, 5.41) is 12.8. The zero-order chi connectivity index (χ0) is 26.3. The third-order valence-corrected chi connectivity index (χ3v) is 5.05. The molecule has 4 rings (SSSR count). The van der Waals surface area contributed by atoms with Crippen LogP contribution < -0.4 is 10.6 Å². The van der Waals surface area contributed by atoms with Crippen molar-refractivity contribution in [1.82, 2.24) is 24.4 Å². The molecule has 0 radical (unpaired) electrons. The molecule has 0 fully saturated rings. The van der Waals surface area contributed by atoms with Gasteiger partial charge in [-0.05, 0) is 32.0 Å². The number of carbonyl (C=O) groups is 2. The van der Waals surface area contributed by atoms with Crippen molar-refractivity contribution in [2.75, 3.05) is 10.6 Å². The molecule has 0 saturated carbocycles. The smallest absolute Gasteiger partial charge is 0.321 e. The maximum atomic E-state index is 14.1. The van der Waals surface area contributed by atoms with Crippen molar-refractivity contribution >= 4 is 28.8 Å². The van der Waals surface area contributed by atoms with Crippen molar-refractivity contribution < 1.29 is 31.5 Å². The number of amides is 2. The summed E-state index contributed by atoms with van der Waals surface area (Å²) in [4.78, 5) is 29.5. The Morgan fingerprint density at radius 3 is 2.31 bits per heavy atom. The summed E-state index contributed by atoms with van der Waals surface area (Å²) in [5.41, 5.74) is -2.17. The van der Waals surface area contributed by atoms with Crippen LogP contribution in [0.15, 0.2) is 48.7 Å². The first-order valence-corrected chi connectivity index (χ1v) is 10.5. The van der Waals surface area contributed by atoms with E-state index in [1.54, 1.807) is 37.3 Å². The van der Waals surface area contributed by atoms with Crippen LogP contribution in [0.25, 0.3) is 5.65 Å². The normalized spacial score (nSPS) is 12.1. The average Bonchev–Trinajstić information content (AvgIpc) is 3.42. The number of hydrogen-bond donors (Lipinski definition) is 2. The van der Waals surface area contributed by atoms with Crippen molar-refractivity contribution in [2.45, 2.75) is 32.5 Å². The van der Waals surface area contributed by atoms with Gasteiger partial charge in [0.1, 0.15) is 5.69 Å². The number of carbonyl (C=O) groups excluding carboxylic acids is 2. The predicted octanol–water partition coefficient (Wildman–Crippen LogP) is 4.41. The standard InChI is InChI=1S/C22H18F5N7O2/c1-3-33-11-15(18(32-33)20(36)29-13-7-5-4-6-8-13)30-19(35)14-10-17-28-12(2)9-16(34(17)31-14)21(23,24)22(25,26)27/h4-11H,3H2,1-2H3,(H,29,36)(H,30,35). The third kappa shape index (κ3) is 4.61. The number of aromatic nitrogens is 5. The Hall–Kier alpha value is -4.36. The van der Waals surface area contributed by atoms with Crippen LogP contribution in [0.5, 0.6) is 0 Å². The highest BCUT2D eigenvalue weighted by molar-refractivity contribution is 6.11. The number of benzene rings is 1.